The van der Waals surface area contributed by atoms with Crippen molar-refractivity contribution in [1.29, 1.82) is 0 Å². The van der Waals surface area contributed by atoms with Crippen molar-refractivity contribution in [3.63, 3.8) is 0 Å². The maximum atomic E-state index is 13.1. The molecule has 7 heteroatoms. The van der Waals surface area contributed by atoms with Crippen LogP contribution in [-0.4, -0.2) is 31.9 Å². The molecule has 0 bridgehead atoms. The molecule has 3 amide bonds. The molecule has 0 aromatic heterocycles. The molecule has 0 unspecified atom stereocenters. The van der Waals surface area contributed by atoms with Gasteiger partial charge in [0.1, 0.15) is 11.5 Å². The number of benzene rings is 2. The third-order valence-corrected chi connectivity index (χ3v) is 5.87. The Bertz CT molecular complexity index is 1090. The number of methoxy groups -OCH3 is 2. The molecule has 2 atom stereocenters. The molecule has 2 aliphatic rings. The summed E-state index contributed by atoms with van der Waals surface area (Å²) in [5.41, 5.74) is 2.11. The maximum Gasteiger partial charge on any atom is 0.257 e. The van der Waals surface area contributed by atoms with Crippen LogP contribution in [0, 0.1) is 11.8 Å². The van der Waals surface area contributed by atoms with Crippen LogP contribution in [0.2, 0.25) is 0 Å². The molecule has 0 spiro atoms. The molecule has 0 radical (unpaired) electrons. The molecule has 1 saturated heterocycles. The van der Waals surface area contributed by atoms with Gasteiger partial charge in [-0.15, -0.1) is 0 Å². The fraction of sp³-hybridized carbons (Fsp3) is 0.292. The number of fused-ring (bicyclic) bond motifs is 1. The number of hydrogen-bond acceptors (Lipinski definition) is 5. The van der Waals surface area contributed by atoms with E-state index in [1.54, 1.807) is 49.6 Å². The third-order valence-electron chi connectivity index (χ3n) is 5.87. The third kappa shape index (κ3) is 3.67. The zero-order valence-electron chi connectivity index (χ0n) is 17.7. The van der Waals surface area contributed by atoms with E-state index in [1.807, 2.05) is 13.0 Å². The second kappa shape index (κ2) is 8.26. The lowest BCUT2D eigenvalue weighted by atomic mass is 9.82. The lowest BCUT2D eigenvalue weighted by Crippen LogP contribution is -2.33. The van der Waals surface area contributed by atoms with Crippen molar-refractivity contribution in [3.8, 4) is 11.5 Å². The van der Waals surface area contributed by atoms with Crippen LogP contribution in [0.3, 0.4) is 0 Å². The molecular weight excluding hydrogens is 396 g/mol. The minimum absolute atomic E-state index is 0.241. The SMILES string of the molecule is COc1ccc(NC(=O)c2ccccc2N2C(=O)[C@H]3CC=C(C)C[C@@H]3C2=O)c(OC)c1. The molecule has 4 rings (SSSR count). The highest BCUT2D eigenvalue weighted by atomic mass is 16.5. The van der Waals surface area contributed by atoms with Crippen molar-refractivity contribution in [2.24, 2.45) is 11.8 Å². The van der Waals surface area contributed by atoms with Crippen LogP contribution in [0.4, 0.5) is 11.4 Å². The Hall–Kier alpha value is -3.61. The fourth-order valence-electron chi connectivity index (χ4n) is 4.23. The van der Waals surface area contributed by atoms with Crippen LogP contribution in [0.15, 0.2) is 54.1 Å². The Labute approximate surface area is 180 Å². The number of nitrogens with zero attached hydrogens (tertiary/aromatic N) is 1. The average Bonchev–Trinajstić information content (AvgIpc) is 3.03. The van der Waals surface area contributed by atoms with Crippen LogP contribution >= 0.6 is 0 Å². The first kappa shape index (κ1) is 20.7. The molecule has 0 saturated carbocycles. The van der Waals surface area contributed by atoms with Gasteiger partial charge >= 0.3 is 0 Å². The van der Waals surface area contributed by atoms with E-state index in [9.17, 15) is 14.4 Å². The van der Waals surface area contributed by atoms with Crippen molar-refractivity contribution in [2.45, 2.75) is 19.8 Å². The van der Waals surface area contributed by atoms with Crippen molar-refractivity contribution >= 4 is 29.1 Å². The van der Waals surface area contributed by atoms with Gasteiger partial charge < -0.3 is 14.8 Å². The smallest absolute Gasteiger partial charge is 0.257 e. The number of amides is 3. The van der Waals surface area contributed by atoms with Crippen molar-refractivity contribution in [1.82, 2.24) is 0 Å². The lowest BCUT2D eigenvalue weighted by Gasteiger charge is -2.19. The number of ether oxygens (including phenoxy) is 2. The topological polar surface area (TPSA) is 84.9 Å². The number of nitrogens with one attached hydrogen (secondary N) is 1. The largest absolute Gasteiger partial charge is 0.497 e. The van der Waals surface area contributed by atoms with Gasteiger partial charge in [-0.05, 0) is 44.0 Å². The van der Waals surface area contributed by atoms with Crippen molar-refractivity contribution in [3.05, 3.63) is 59.7 Å². The van der Waals surface area contributed by atoms with E-state index in [2.05, 4.69) is 5.32 Å². The minimum atomic E-state index is -0.441. The summed E-state index contributed by atoms with van der Waals surface area (Å²) in [7, 11) is 3.04. The highest BCUT2D eigenvalue weighted by Gasteiger charge is 2.49. The minimum Gasteiger partial charge on any atom is -0.497 e. The highest BCUT2D eigenvalue weighted by Crippen LogP contribution is 2.40. The molecule has 1 heterocycles. The number of para-hydroxylation sites is 1. The molecule has 31 heavy (non-hydrogen) atoms. The van der Waals surface area contributed by atoms with E-state index in [0.29, 0.717) is 35.7 Å². The molecule has 160 valence electrons. The summed E-state index contributed by atoms with van der Waals surface area (Å²) in [5, 5.41) is 2.81. The second-order valence-corrected chi connectivity index (χ2v) is 7.75. The maximum absolute atomic E-state index is 13.1. The number of imide groups is 1. The van der Waals surface area contributed by atoms with Crippen LogP contribution in [0.25, 0.3) is 0 Å². The van der Waals surface area contributed by atoms with Gasteiger partial charge in [-0.1, -0.05) is 23.8 Å². The predicted octanol–water partition coefficient (Wildman–Crippen LogP) is 3.80. The molecule has 2 aromatic rings. The molecule has 1 aliphatic carbocycles. The van der Waals surface area contributed by atoms with Gasteiger partial charge in [0.2, 0.25) is 11.8 Å². The first-order valence-electron chi connectivity index (χ1n) is 10.1. The molecule has 1 aliphatic heterocycles. The standard InChI is InChI=1S/C24H24N2O5/c1-14-8-10-16-18(12-14)24(29)26(23(16)28)20-7-5-4-6-17(20)22(27)25-19-11-9-15(30-2)13-21(19)31-3/h4-9,11,13,16,18H,10,12H2,1-3H3,(H,25,27)/t16-,18-/m0/s1. The predicted molar refractivity (Wildman–Crippen MR) is 116 cm³/mol. The fourth-order valence-corrected chi connectivity index (χ4v) is 4.23. The quantitative estimate of drug-likeness (QED) is 0.587. The van der Waals surface area contributed by atoms with Gasteiger partial charge in [0.15, 0.2) is 0 Å². The van der Waals surface area contributed by atoms with Crippen LogP contribution in [-0.2, 0) is 9.59 Å². The first-order chi connectivity index (χ1) is 14.9. The van der Waals surface area contributed by atoms with Crippen LogP contribution in [0.1, 0.15) is 30.1 Å². The molecule has 1 fully saturated rings. The van der Waals surface area contributed by atoms with Crippen LogP contribution in [0.5, 0.6) is 11.5 Å². The van der Waals surface area contributed by atoms with Crippen molar-refractivity contribution < 1.29 is 23.9 Å². The number of rotatable bonds is 5. The van der Waals surface area contributed by atoms with Gasteiger partial charge in [0.05, 0.1) is 43.0 Å². The second-order valence-electron chi connectivity index (χ2n) is 7.75. The van der Waals surface area contributed by atoms with Gasteiger partial charge in [-0.25, -0.2) is 4.90 Å². The van der Waals surface area contributed by atoms with E-state index in [1.165, 1.54) is 12.0 Å². The highest BCUT2D eigenvalue weighted by molar-refractivity contribution is 6.25. The number of hydrogen-bond donors (Lipinski definition) is 1. The van der Waals surface area contributed by atoms with Crippen LogP contribution < -0.4 is 19.7 Å². The summed E-state index contributed by atoms with van der Waals surface area (Å²) < 4.78 is 10.5. The monoisotopic (exact) mass is 420 g/mol. The summed E-state index contributed by atoms with van der Waals surface area (Å²) in [6, 6.07) is 11.7. The van der Waals surface area contributed by atoms with E-state index in [0.717, 1.165) is 5.57 Å². The van der Waals surface area contributed by atoms with Gasteiger partial charge in [-0.3, -0.25) is 14.4 Å². The number of carbonyl (C=O) groups excluding carboxylic acids is 3. The molecule has 2 aromatic carbocycles. The lowest BCUT2D eigenvalue weighted by molar-refractivity contribution is -0.122. The van der Waals surface area contributed by atoms with E-state index >= 15 is 0 Å². The summed E-state index contributed by atoms with van der Waals surface area (Å²) >= 11 is 0. The Morgan fingerprint density at radius 1 is 1.03 bits per heavy atom. The summed E-state index contributed by atoms with van der Waals surface area (Å²) in [4.78, 5) is 40.5. The number of allylic oxidation sites excluding steroid dienone is 2. The molecule has 7 nitrogen and oxygen atoms in total. The Morgan fingerprint density at radius 3 is 2.52 bits per heavy atom. The summed E-state index contributed by atoms with van der Waals surface area (Å²) in [6.07, 6.45) is 3.14. The van der Waals surface area contributed by atoms with Gasteiger partial charge in [0.25, 0.3) is 5.91 Å². The first-order valence-corrected chi connectivity index (χ1v) is 10.1. The van der Waals surface area contributed by atoms with E-state index < -0.39 is 5.91 Å². The zero-order valence-corrected chi connectivity index (χ0v) is 17.7. The summed E-state index contributed by atoms with van der Waals surface area (Å²) in [5.74, 6) is -0.639. The van der Waals surface area contributed by atoms with Gasteiger partial charge in [-0.2, -0.15) is 0 Å². The Balaban J connectivity index is 1.65. The van der Waals surface area contributed by atoms with Crippen molar-refractivity contribution in [2.75, 3.05) is 24.4 Å². The average molecular weight is 420 g/mol. The Morgan fingerprint density at radius 2 is 1.77 bits per heavy atom. The molecule has 1 N–H and O–H groups in total. The zero-order chi connectivity index (χ0) is 22.1. The number of carbonyl (C=O) groups is 3. The van der Waals surface area contributed by atoms with E-state index in [-0.39, 0.29) is 29.2 Å². The van der Waals surface area contributed by atoms with Gasteiger partial charge in [0, 0.05) is 6.07 Å². The Kier molecular flexibility index (Phi) is 5.50. The van der Waals surface area contributed by atoms with E-state index in [4.69, 9.17) is 9.47 Å². The molecular formula is C24H24N2O5. The summed E-state index contributed by atoms with van der Waals surface area (Å²) in [6.45, 7) is 1.97. The number of anilines is 2. The normalized spacial score (nSPS) is 20.2.